The number of allylic oxidation sites excluding steroid dienone is 1. The summed E-state index contributed by atoms with van der Waals surface area (Å²) in [7, 11) is 0. The van der Waals surface area contributed by atoms with Crippen LogP contribution in [0.3, 0.4) is 0 Å². The maximum absolute atomic E-state index is 13.8. The summed E-state index contributed by atoms with van der Waals surface area (Å²) in [5, 5.41) is 0.243. The van der Waals surface area contributed by atoms with Crippen LogP contribution in [0.2, 0.25) is 5.02 Å². The van der Waals surface area contributed by atoms with E-state index in [4.69, 9.17) is 11.6 Å². The fourth-order valence-electron chi connectivity index (χ4n) is 1.98. The molecule has 0 radical (unpaired) electrons. The first-order valence-corrected chi connectivity index (χ1v) is 6.93. The van der Waals surface area contributed by atoms with Crippen LogP contribution in [0.25, 0.3) is 0 Å². The number of benzene rings is 1. The highest BCUT2D eigenvalue weighted by atomic mass is 35.5. The van der Waals surface area contributed by atoms with Gasteiger partial charge >= 0.3 is 0 Å². The Morgan fingerprint density at radius 1 is 1.33 bits per heavy atom. The largest absolute Gasteiger partial charge is 0.205 e. The van der Waals surface area contributed by atoms with Crippen molar-refractivity contribution >= 4 is 11.6 Å². The Labute approximate surface area is 115 Å². The second kappa shape index (κ2) is 6.94. The average molecular weight is 269 g/mol. The van der Waals surface area contributed by atoms with Gasteiger partial charge in [0, 0.05) is 0 Å². The summed E-state index contributed by atoms with van der Waals surface area (Å²) in [6.07, 6.45) is 5.09. The standard InChI is InChI=1S/C16H22ClF/c1-5-12(4)7-6-8-13-9-14(11(2)3)16(18)15(17)10-13/h5,9-12H,1,6-8H2,2-4H3/t12-/m1/s1. The van der Waals surface area contributed by atoms with E-state index in [0.717, 1.165) is 24.8 Å². The zero-order chi connectivity index (χ0) is 13.7. The Morgan fingerprint density at radius 2 is 2.00 bits per heavy atom. The summed E-state index contributed by atoms with van der Waals surface area (Å²) in [5.41, 5.74) is 1.84. The van der Waals surface area contributed by atoms with E-state index in [0.29, 0.717) is 11.5 Å². The van der Waals surface area contributed by atoms with E-state index in [9.17, 15) is 4.39 Å². The number of aryl methyl sites for hydroxylation is 1. The third kappa shape index (κ3) is 4.13. The van der Waals surface area contributed by atoms with E-state index in [1.807, 2.05) is 26.0 Å². The minimum Gasteiger partial charge on any atom is -0.205 e. The maximum Gasteiger partial charge on any atom is 0.145 e. The van der Waals surface area contributed by atoms with Crippen molar-refractivity contribution in [1.29, 1.82) is 0 Å². The lowest BCUT2D eigenvalue weighted by atomic mass is 9.96. The molecule has 2 heteroatoms. The minimum atomic E-state index is -0.269. The van der Waals surface area contributed by atoms with Gasteiger partial charge in [0.25, 0.3) is 0 Å². The second-order valence-corrected chi connectivity index (χ2v) is 5.65. The van der Waals surface area contributed by atoms with Crippen LogP contribution in [0, 0.1) is 11.7 Å². The highest BCUT2D eigenvalue weighted by Gasteiger charge is 2.12. The molecule has 0 fully saturated rings. The van der Waals surface area contributed by atoms with Gasteiger partial charge in [-0.2, -0.15) is 0 Å². The highest BCUT2D eigenvalue weighted by Crippen LogP contribution is 2.27. The minimum absolute atomic E-state index is 0.162. The third-order valence-electron chi connectivity index (χ3n) is 3.27. The molecule has 0 saturated heterocycles. The van der Waals surface area contributed by atoms with Crippen molar-refractivity contribution in [3.63, 3.8) is 0 Å². The van der Waals surface area contributed by atoms with Crippen molar-refractivity contribution in [2.24, 2.45) is 5.92 Å². The van der Waals surface area contributed by atoms with E-state index in [1.165, 1.54) is 0 Å². The molecule has 1 atom stereocenters. The van der Waals surface area contributed by atoms with Gasteiger partial charge in [-0.1, -0.05) is 44.5 Å². The lowest BCUT2D eigenvalue weighted by Gasteiger charge is -2.12. The van der Waals surface area contributed by atoms with Gasteiger partial charge in [0.2, 0.25) is 0 Å². The van der Waals surface area contributed by atoms with E-state index in [-0.39, 0.29) is 16.8 Å². The SMILES string of the molecule is C=C[C@@H](C)CCCc1cc(Cl)c(F)c(C(C)C)c1. The van der Waals surface area contributed by atoms with Gasteiger partial charge in [-0.05, 0) is 48.3 Å². The zero-order valence-electron chi connectivity index (χ0n) is 11.5. The normalized spacial score (nSPS) is 12.8. The van der Waals surface area contributed by atoms with Gasteiger partial charge < -0.3 is 0 Å². The van der Waals surface area contributed by atoms with Crippen LogP contribution >= 0.6 is 11.6 Å². The quantitative estimate of drug-likeness (QED) is 0.577. The average Bonchev–Trinajstić information content (AvgIpc) is 2.32. The van der Waals surface area contributed by atoms with Crippen molar-refractivity contribution < 1.29 is 4.39 Å². The summed E-state index contributed by atoms with van der Waals surface area (Å²) >= 11 is 5.94. The Morgan fingerprint density at radius 3 is 2.56 bits per heavy atom. The molecular weight excluding hydrogens is 247 g/mol. The van der Waals surface area contributed by atoms with Gasteiger partial charge in [0.15, 0.2) is 0 Å². The third-order valence-corrected chi connectivity index (χ3v) is 3.54. The maximum atomic E-state index is 13.8. The second-order valence-electron chi connectivity index (χ2n) is 5.24. The molecule has 0 unspecified atom stereocenters. The summed E-state index contributed by atoms with van der Waals surface area (Å²) < 4.78 is 13.8. The molecule has 1 rings (SSSR count). The van der Waals surface area contributed by atoms with Gasteiger partial charge in [0.05, 0.1) is 5.02 Å². The van der Waals surface area contributed by atoms with Crippen LogP contribution < -0.4 is 0 Å². The van der Waals surface area contributed by atoms with Gasteiger partial charge in [-0.15, -0.1) is 6.58 Å². The predicted octanol–water partition coefficient (Wildman–Crippen LogP) is 5.75. The van der Waals surface area contributed by atoms with Crippen LogP contribution in [-0.2, 0) is 6.42 Å². The first-order valence-electron chi connectivity index (χ1n) is 6.56. The molecule has 0 nitrogen and oxygen atoms in total. The van der Waals surface area contributed by atoms with Gasteiger partial charge in [-0.25, -0.2) is 4.39 Å². The number of hydrogen-bond donors (Lipinski definition) is 0. The monoisotopic (exact) mass is 268 g/mol. The van der Waals surface area contributed by atoms with Crippen LogP contribution in [-0.4, -0.2) is 0 Å². The van der Waals surface area contributed by atoms with Crippen LogP contribution in [0.5, 0.6) is 0 Å². The van der Waals surface area contributed by atoms with Crippen molar-refractivity contribution in [2.45, 2.75) is 46.0 Å². The lowest BCUT2D eigenvalue weighted by molar-refractivity contribution is 0.591. The predicted molar refractivity (Wildman–Crippen MR) is 77.8 cm³/mol. The molecule has 1 aromatic carbocycles. The van der Waals surface area contributed by atoms with Gasteiger partial charge in [-0.3, -0.25) is 0 Å². The molecule has 1 aromatic rings. The van der Waals surface area contributed by atoms with Crippen molar-refractivity contribution in [2.75, 3.05) is 0 Å². The lowest BCUT2D eigenvalue weighted by Crippen LogP contribution is -1.98. The van der Waals surface area contributed by atoms with E-state index >= 15 is 0 Å². The Kier molecular flexibility index (Phi) is 5.87. The zero-order valence-corrected chi connectivity index (χ0v) is 12.2. The van der Waals surface area contributed by atoms with Crippen LogP contribution in [0.15, 0.2) is 24.8 Å². The van der Waals surface area contributed by atoms with E-state index < -0.39 is 0 Å². The molecule has 18 heavy (non-hydrogen) atoms. The molecule has 0 aromatic heterocycles. The first kappa shape index (κ1) is 15.2. The summed E-state index contributed by atoms with van der Waals surface area (Å²) in [4.78, 5) is 0. The first-order chi connectivity index (χ1) is 8.45. The molecule has 100 valence electrons. The molecule has 0 saturated carbocycles. The van der Waals surface area contributed by atoms with Crippen LogP contribution in [0.1, 0.15) is 50.7 Å². The number of halogens is 2. The van der Waals surface area contributed by atoms with E-state index in [1.54, 1.807) is 6.07 Å². The molecule has 0 spiro atoms. The molecule has 0 heterocycles. The topological polar surface area (TPSA) is 0 Å². The summed E-state index contributed by atoms with van der Waals surface area (Å²) in [5.74, 6) is 0.426. The Bertz CT molecular complexity index is 410. The molecule has 0 aliphatic carbocycles. The smallest absolute Gasteiger partial charge is 0.145 e. The molecule has 0 amide bonds. The molecule has 0 N–H and O–H groups in total. The number of rotatable bonds is 6. The molecular formula is C16H22ClF. The molecule has 0 aliphatic rings. The fourth-order valence-corrected chi connectivity index (χ4v) is 2.23. The summed E-state index contributed by atoms with van der Waals surface area (Å²) in [6.45, 7) is 9.90. The van der Waals surface area contributed by atoms with E-state index in [2.05, 4.69) is 13.5 Å². The highest BCUT2D eigenvalue weighted by molar-refractivity contribution is 6.30. The van der Waals surface area contributed by atoms with Crippen molar-refractivity contribution in [1.82, 2.24) is 0 Å². The molecule has 0 bridgehead atoms. The van der Waals surface area contributed by atoms with Crippen LogP contribution in [0.4, 0.5) is 4.39 Å². The van der Waals surface area contributed by atoms with Gasteiger partial charge in [0.1, 0.15) is 5.82 Å². The Hall–Kier alpha value is -0.820. The van der Waals surface area contributed by atoms with Crippen molar-refractivity contribution in [3.05, 3.63) is 46.8 Å². The Balaban J connectivity index is 2.75. The number of hydrogen-bond acceptors (Lipinski definition) is 0. The molecule has 0 aliphatic heterocycles. The fraction of sp³-hybridized carbons (Fsp3) is 0.500. The van der Waals surface area contributed by atoms with Crippen molar-refractivity contribution in [3.8, 4) is 0 Å². The summed E-state index contributed by atoms with van der Waals surface area (Å²) in [6, 6.07) is 3.70.